The fourth-order valence-corrected chi connectivity index (χ4v) is 2.52. The molecule has 2 heteroatoms. The van der Waals surface area contributed by atoms with E-state index in [4.69, 9.17) is 10.5 Å². The molecule has 1 saturated carbocycles. The van der Waals surface area contributed by atoms with Gasteiger partial charge in [0.2, 0.25) is 0 Å². The van der Waals surface area contributed by atoms with Crippen LogP contribution in [0.5, 0.6) is 0 Å². The van der Waals surface area contributed by atoms with Crippen LogP contribution in [-0.4, -0.2) is 19.3 Å². The van der Waals surface area contributed by atoms with E-state index in [9.17, 15) is 0 Å². The van der Waals surface area contributed by atoms with Crippen molar-refractivity contribution in [3.8, 4) is 0 Å². The van der Waals surface area contributed by atoms with E-state index in [0.717, 1.165) is 6.61 Å². The number of nitrogens with two attached hydrogens (primary N) is 1. The molecule has 1 aliphatic carbocycles. The third-order valence-electron chi connectivity index (χ3n) is 3.21. The zero-order valence-corrected chi connectivity index (χ0v) is 7.01. The molecule has 2 nitrogen and oxygen atoms in total. The molecule has 2 rings (SSSR count). The Morgan fingerprint density at radius 1 is 1.36 bits per heavy atom. The summed E-state index contributed by atoms with van der Waals surface area (Å²) in [6, 6.07) is 0. The SMILES string of the molecule is NC[C@H]1CC2(CCCC2)CO1. The topological polar surface area (TPSA) is 35.2 Å². The summed E-state index contributed by atoms with van der Waals surface area (Å²) in [5.41, 5.74) is 6.12. The van der Waals surface area contributed by atoms with Crippen molar-refractivity contribution < 1.29 is 4.74 Å². The van der Waals surface area contributed by atoms with Crippen LogP contribution in [0.15, 0.2) is 0 Å². The van der Waals surface area contributed by atoms with Crippen molar-refractivity contribution in [1.82, 2.24) is 0 Å². The Labute approximate surface area is 68.1 Å². The van der Waals surface area contributed by atoms with Crippen LogP contribution in [0.25, 0.3) is 0 Å². The van der Waals surface area contributed by atoms with Crippen molar-refractivity contribution in [3.05, 3.63) is 0 Å². The van der Waals surface area contributed by atoms with Gasteiger partial charge in [-0.2, -0.15) is 0 Å². The zero-order chi connectivity index (χ0) is 7.73. The van der Waals surface area contributed by atoms with Gasteiger partial charge in [0.1, 0.15) is 0 Å². The molecule has 11 heavy (non-hydrogen) atoms. The molecular weight excluding hydrogens is 138 g/mol. The Morgan fingerprint density at radius 3 is 2.64 bits per heavy atom. The molecule has 2 N–H and O–H groups in total. The van der Waals surface area contributed by atoms with Gasteiger partial charge in [-0.3, -0.25) is 0 Å². The predicted octanol–water partition coefficient (Wildman–Crippen LogP) is 1.29. The first-order valence-corrected chi connectivity index (χ1v) is 4.66. The lowest BCUT2D eigenvalue weighted by atomic mass is 9.84. The fourth-order valence-electron chi connectivity index (χ4n) is 2.52. The Balaban J connectivity index is 1.96. The van der Waals surface area contributed by atoms with Gasteiger partial charge in [-0.25, -0.2) is 0 Å². The van der Waals surface area contributed by atoms with Gasteiger partial charge in [0.05, 0.1) is 12.7 Å². The molecule has 0 aromatic carbocycles. The third kappa shape index (κ3) is 1.30. The van der Waals surface area contributed by atoms with Gasteiger partial charge in [-0.1, -0.05) is 12.8 Å². The normalized spacial score (nSPS) is 35.2. The molecule has 2 aliphatic rings. The molecule has 1 heterocycles. The van der Waals surface area contributed by atoms with E-state index in [2.05, 4.69) is 0 Å². The first-order valence-electron chi connectivity index (χ1n) is 4.66. The van der Waals surface area contributed by atoms with Crippen LogP contribution in [-0.2, 0) is 4.74 Å². The van der Waals surface area contributed by atoms with Crippen molar-refractivity contribution in [1.29, 1.82) is 0 Å². The van der Waals surface area contributed by atoms with Gasteiger partial charge in [0, 0.05) is 6.54 Å². The highest BCUT2D eigenvalue weighted by atomic mass is 16.5. The second kappa shape index (κ2) is 2.76. The molecule has 0 unspecified atom stereocenters. The number of hydrogen-bond acceptors (Lipinski definition) is 2. The van der Waals surface area contributed by atoms with E-state index in [1.54, 1.807) is 0 Å². The van der Waals surface area contributed by atoms with Crippen LogP contribution >= 0.6 is 0 Å². The number of hydrogen-bond donors (Lipinski definition) is 1. The first kappa shape index (κ1) is 7.56. The quantitative estimate of drug-likeness (QED) is 0.619. The van der Waals surface area contributed by atoms with Crippen LogP contribution in [0.3, 0.4) is 0 Å². The molecule has 1 aliphatic heterocycles. The highest BCUT2D eigenvalue weighted by molar-refractivity contribution is 4.91. The molecule has 0 aromatic rings. The van der Waals surface area contributed by atoms with Crippen LogP contribution in [0, 0.1) is 5.41 Å². The lowest BCUT2D eigenvalue weighted by Crippen LogP contribution is -2.20. The van der Waals surface area contributed by atoms with Gasteiger partial charge in [0.15, 0.2) is 0 Å². The molecule has 0 aromatic heterocycles. The molecule has 0 amide bonds. The summed E-state index contributed by atoms with van der Waals surface area (Å²) in [5.74, 6) is 0. The average molecular weight is 155 g/mol. The molecule has 1 saturated heterocycles. The minimum atomic E-state index is 0.369. The summed E-state index contributed by atoms with van der Waals surface area (Å²) in [7, 11) is 0. The van der Waals surface area contributed by atoms with E-state index in [0.29, 0.717) is 18.1 Å². The van der Waals surface area contributed by atoms with Crippen LogP contribution in [0.4, 0.5) is 0 Å². The smallest absolute Gasteiger partial charge is 0.0703 e. The standard InChI is InChI=1S/C9H17NO/c10-6-8-5-9(7-11-8)3-1-2-4-9/h8H,1-7,10H2/t8-/m1/s1. The minimum Gasteiger partial charge on any atom is -0.376 e. The van der Waals surface area contributed by atoms with E-state index in [1.165, 1.54) is 32.1 Å². The number of ether oxygens (including phenoxy) is 1. The second-order valence-corrected chi connectivity index (χ2v) is 4.08. The fraction of sp³-hybridized carbons (Fsp3) is 1.00. The van der Waals surface area contributed by atoms with E-state index < -0.39 is 0 Å². The predicted molar refractivity (Wildman–Crippen MR) is 44.3 cm³/mol. The number of rotatable bonds is 1. The van der Waals surface area contributed by atoms with Crippen LogP contribution in [0.2, 0.25) is 0 Å². The Bertz CT molecular complexity index is 140. The van der Waals surface area contributed by atoms with Crippen molar-refractivity contribution >= 4 is 0 Å². The summed E-state index contributed by atoms with van der Waals surface area (Å²) >= 11 is 0. The maximum Gasteiger partial charge on any atom is 0.0703 e. The Hall–Kier alpha value is -0.0800. The van der Waals surface area contributed by atoms with Gasteiger partial charge < -0.3 is 10.5 Å². The molecular formula is C9H17NO. The molecule has 0 radical (unpaired) electrons. The van der Waals surface area contributed by atoms with Gasteiger partial charge in [0.25, 0.3) is 0 Å². The monoisotopic (exact) mass is 155 g/mol. The van der Waals surface area contributed by atoms with Gasteiger partial charge in [-0.05, 0) is 24.7 Å². The van der Waals surface area contributed by atoms with Crippen molar-refractivity contribution in [3.63, 3.8) is 0 Å². The lowest BCUT2D eigenvalue weighted by molar-refractivity contribution is 0.100. The zero-order valence-electron chi connectivity index (χ0n) is 7.01. The van der Waals surface area contributed by atoms with Crippen molar-refractivity contribution in [2.45, 2.75) is 38.2 Å². The maximum atomic E-state index is 5.61. The van der Waals surface area contributed by atoms with Crippen molar-refractivity contribution in [2.75, 3.05) is 13.2 Å². The summed E-state index contributed by atoms with van der Waals surface area (Å²) in [6.07, 6.45) is 7.16. The second-order valence-electron chi connectivity index (χ2n) is 4.08. The Kier molecular flexibility index (Phi) is 1.90. The van der Waals surface area contributed by atoms with Gasteiger partial charge >= 0.3 is 0 Å². The highest BCUT2D eigenvalue weighted by Gasteiger charge is 2.41. The molecule has 1 spiro atoms. The Morgan fingerprint density at radius 2 is 2.09 bits per heavy atom. The van der Waals surface area contributed by atoms with Crippen molar-refractivity contribution in [2.24, 2.45) is 11.1 Å². The average Bonchev–Trinajstić information content (AvgIpc) is 2.62. The summed E-state index contributed by atoms with van der Waals surface area (Å²) in [6.45, 7) is 1.69. The molecule has 1 atom stereocenters. The summed E-state index contributed by atoms with van der Waals surface area (Å²) in [5, 5.41) is 0. The van der Waals surface area contributed by atoms with E-state index in [-0.39, 0.29) is 0 Å². The minimum absolute atomic E-state index is 0.369. The molecule has 0 bridgehead atoms. The van der Waals surface area contributed by atoms with E-state index >= 15 is 0 Å². The maximum absolute atomic E-state index is 5.61. The lowest BCUT2D eigenvalue weighted by Gasteiger charge is -2.19. The largest absolute Gasteiger partial charge is 0.376 e. The summed E-state index contributed by atoms with van der Waals surface area (Å²) in [4.78, 5) is 0. The van der Waals surface area contributed by atoms with E-state index in [1.807, 2.05) is 0 Å². The highest BCUT2D eigenvalue weighted by Crippen LogP contribution is 2.46. The first-order chi connectivity index (χ1) is 5.35. The third-order valence-corrected chi connectivity index (χ3v) is 3.21. The van der Waals surface area contributed by atoms with Crippen LogP contribution < -0.4 is 5.73 Å². The summed E-state index contributed by atoms with van der Waals surface area (Å²) < 4.78 is 5.61. The van der Waals surface area contributed by atoms with Crippen LogP contribution in [0.1, 0.15) is 32.1 Å². The van der Waals surface area contributed by atoms with Gasteiger partial charge in [-0.15, -0.1) is 0 Å². The molecule has 64 valence electrons. The molecule has 2 fully saturated rings.